The number of rotatable bonds is 3. The Labute approximate surface area is 158 Å². The summed E-state index contributed by atoms with van der Waals surface area (Å²) in [5.41, 5.74) is 1.99. The Morgan fingerprint density at radius 3 is 2.93 bits per heavy atom. The molecule has 2 amide bonds. The Hall–Kier alpha value is -3.26. The van der Waals surface area contributed by atoms with E-state index >= 15 is 0 Å². The molecule has 2 aromatic carbocycles. The number of aromatic nitrogens is 1. The number of fused-ring (bicyclic) bond motifs is 1. The molecule has 2 N–H and O–H groups in total. The van der Waals surface area contributed by atoms with Crippen molar-refractivity contribution in [1.29, 1.82) is 0 Å². The number of nitrogens with one attached hydrogen (secondary N) is 2. The van der Waals surface area contributed by atoms with Gasteiger partial charge in [0.15, 0.2) is 11.7 Å². The highest BCUT2D eigenvalue weighted by atomic mass is 32.1. The second-order valence-electron chi connectivity index (χ2n) is 5.91. The van der Waals surface area contributed by atoms with Gasteiger partial charge in [-0.2, -0.15) is 0 Å². The largest absolute Gasteiger partial charge is 0.482 e. The van der Waals surface area contributed by atoms with E-state index in [-0.39, 0.29) is 18.1 Å². The van der Waals surface area contributed by atoms with Crippen molar-refractivity contribution in [3.8, 4) is 17.0 Å². The van der Waals surface area contributed by atoms with Gasteiger partial charge in [0, 0.05) is 10.4 Å². The van der Waals surface area contributed by atoms with E-state index in [1.54, 1.807) is 18.2 Å². The van der Waals surface area contributed by atoms with Crippen LogP contribution in [0, 0.1) is 12.7 Å². The van der Waals surface area contributed by atoms with Gasteiger partial charge in [-0.15, -0.1) is 11.3 Å². The minimum atomic E-state index is -0.589. The molecule has 1 aliphatic rings. The Balaban J connectivity index is 1.61. The van der Waals surface area contributed by atoms with Crippen molar-refractivity contribution in [2.45, 2.75) is 6.92 Å². The summed E-state index contributed by atoms with van der Waals surface area (Å²) in [6.45, 7) is 1.87. The molecule has 6 nitrogen and oxygen atoms in total. The van der Waals surface area contributed by atoms with Gasteiger partial charge in [-0.05, 0) is 37.3 Å². The van der Waals surface area contributed by atoms with Crippen LogP contribution in [0.15, 0.2) is 42.5 Å². The van der Waals surface area contributed by atoms with Crippen molar-refractivity contribution in [3.05, 3.63) is 58.7 Å². The summed E-state index contributed by atoms with van der Waals surface area (Å²) in [5, 5.41) is 5.76. The number of anilines is 2. The molecule has 8 heteroatoms. The Bertz CT molecular complexity index is 1060. The van der Waals surface area contributed by atoms with Crippen LogP contribution in [0.1, 0.15) is 15.2 Å². The zero-order valence-electron chi connectivity index (χ0n) is 14.2. The van der Waals surface area contributed by atoms with Gasteiger partial charge in [-0.25, -0.2) is 9.37 Å². The predicted molar refractivity (Wildman–Crippen MR) is 101 cm³/mol. The zero-order valence-corrected chi connectivity index (χ0v) is 15.0. The van der Waals surface area contributed by atoms with Crippen molar-refractivity contribution in [1.82, 2.24) is 4.98 Å². The Morgan fingerprint density at radius 1 is 1.30 bits per heavy atom. The maximum atomic E-state index is 13.8. The minimum Gasteiger partial charge on any atom is -0.482 e. The molecule has 3 aromatic rings. The van der Waals surface area contributed by atoms with E-state index in [1.165, 1.54) is 29.5 Å². The summed E-state index contributed by atoms with van der Waals surface area (Å²) in [5.74, 6) is -0.764. The molecule has 0 atom stereocenters. The van der Waals surface area contributed by atoms with Gasteiger partial charge < -0.3 is 10.1 Å². The van der Waals surface area contributed by atoms with Crippen LogP contribution in [0.25, 0.3) is 11.3 Å². The fourth-order valence-electron chi connectivity index (χ4n) is 2.76. The number of hydrogen-bond donors (Lipinski definition) is 2. The third-order valence-electron chi connectivity index (χ3n) is 4.02. The summed E-state index contributed by atoms with van der Waals surface area (Å²) in [6, 6.07) is 11.1. The molecule has 0 spiro atoms. The number of aryl methyl sites for hydroxylation is 1. The quantitative estimate of drug-likeness (QED) is 0.720. The molecule has 136 valence electrons. The zero-order chi connectivity index (χ0) is 19.0. The molecule has 4 rings (SSSR count). The summed E-state index contributed by atoms with van der Waals surface area (Å²) in [7, 11) is 0. The van der Waals surface area contributed by atoms with E-state index in [9.17, 15) is 14.0 Å². The smallest absolute Gasteiger partial charge is 0.262 e. The fraction of sp³-hybridized carbons (Fsp3) is 0.105. The van der Waals surface area contributed by atoms with Gasteiger partial charge >= 0.3 is 0 Å². The minimum absolute atomic E-state index is 0.00565. The predicted octanol–water partition coefficient (Wildman–Crippen LogP) is 3.84. The second kappa shape index (κ2) is 6.81. The van der Waals surface area contributed by atoms with Gasteiger partial charge in [-0.1, -0.05) is 12.1 Å². The topological polar surface area (TPSA) is 80.3 Å². The summed E-state index contributed by atoms with van der Waals surface area (Å²) in [6.07, 6.45) is 0. The molecular weight excluding hydrogens is 369 g/mol. The third-order valence-corrected chi connectivity index (χ3v) is 4.91. The normalized spacial score (nSPS) is 12.7. The van der Waals surface area contributed by atoms with E-state index in [1.807, 2.05) is 13.0 Å². The molecule has 0 unspecified atom stereocenters. The maximum absolute atomic E-state index is 13.8. The highest BCUT2D eigenvalue weighted by molar-refractivity contribution is 7.16. The lowest BCUT2D eigenvalue weighted by Crippen LogP contribution is -2.25. The molecule has 2 heterocycles. The van der Waals surface area contributed by atoms with Gasteiger partial charge in [0.05, 0.1) is 16.9 Å². The summed E-state index contributed by atoms with van der Waals surface area (Å²) >= 11 is 1.29. The fourth-order valence-corrected chi connectivity index (χ4v) is 3.59. The van der Waals surface area contributed by atoms with E-state index < -0.39 is 11.7 Å². The molecule has 27 heavy (non-hydrogen) atoms. The summed E-state index contributed by atoms with van der Waals surface area (Å²) < 4.78 is 19.1. The number of carbonyl (C=O) groups excluding carboxylic acids is 2. The van der Waals surface area contributed by atoms with E-state index in [2.05, 4.69) is 15.6 Å². The second-order valence-corrected chi connectivity index (χ2v) is 7.11. The van der Waals surface area contributed by atoms with Crippen LogP contribution in [-0.2, 0) is 4.79 Å². The lowest BCUT2D eigenvalue weighted by molar-refractivity contribution is -0.118. The molecule has 0 bridgehead atoms. The van der Waals surface area contributed by atoms with E-state index in [0.717, 1.165) is 10.4 Å². The van der Waals surface area contributed by atoms with Crippen molar-refractivity contribution < 1.29 is 18.7 Å². The Kier molecular flexibility index (Phi) is 4.33. The molecule has 0 fully saturated rings. The van der Waals surface area contributed by atoms with Gasteiger partial charge in [0.25, 0.3) is 11.8 Å². The van der Waals surface area contributed by atoms with Crippen molar-refractivity contribution >= 4 is 34.0 Å². The monoisotopic (exact) mass is 383 g/mol. The van der Waals surface area contributed by atoms with Gasteiger partial charge in [0.1, 0.15) is 11.6 Å². The number of halogens is 1. The highest BCUT2D eigenvalue weighted by Gasteiger charge is 2.19. The van der Waals surface area contributed by atoms with Crippen LogP contribution in [-0.4, -0.2) is 23.4 Å². The van der Waals surface area contributed by atoms with Gasteiger partial charge in [0.2, 0.25) is 0 Å². The maximum Gasteiger partial charge on any atom is 0.262 e. The van der Waals surface area contributed by atoms with Crippen molar-refractivity contribution in [2.24, 2.45) is 0 Å². The van der Waals surface area contributed by atoms with Crippen molar-refractivity contribution in [2.75, 3.05) is 17.2 Å². The molecule has 1 aliphatic heterocycles. The average molecular weight is 383 g/mol. The first-order chi connectivity index (χ1) is 13.0. The first-order valence-corrected chi connectivity index (χ1v) is 8.93. The number of benzene rings is 2. The highest BCUT2D eigenvalue weighted by Crippen LogP contribution is 2.36. The number of nitrogens with zero attached hydrogens (tertiary/aromatic N) is 1. The van der Waals surface area contributed by atoms with Crippen molar-refractivity contribution in [3.63, 3.8) is 0 Å². The molecule has 0 saturated heterocycles. The number of hydrogen-bond acceptors (Lipinski definition) is 5. The standard InChI is InChI=1S/C19H14FN3O3S/c1-10-17(11-6-7-15-14(8-11)21-16(24)9-26-15)22-19(27-10)23-18(25)12-4-2-3-5-13(12)20/h2-8H,9H2,1H3,(H,21,24)(H,22,23,25). The van der Waals surface area contributed by atoms with Crippen LogP contribution in [0.3, 0.4) is 0 Å². The van der Waals surface area contributed by atoms with Crippen LogP contribution >= 0.6 is 11.3 Å². The average Bonchev–Trinajstić information content (AvgIpc) is 3.01. The lowest BCUT2D eigenvalue weighted by Gasteiger charge is -2.18. The van der Waals surface area contributed by atoms with Gasteiger partial charge in [-0.3, -0.25) is 14.9 Å². The van der Waals surface area contributed by atoms with E-state index in [0.29, 0.717) is 22.3 Å². The number of ether oxygens (including phenoxy) is 1. The number of thiazole rings is 1. The van der Waals surface area contributed by atoms with E-state index in [4.69, 9.17) is 4.74 Å². The number of carbonyl (C=O) groups is 2. The van der Waals surface area contributed by atoms with Crippen LogP contribution in [0.4, 0.5) is 15.2 Å². The summed E-state index contributed by atoms with van der Waals surface area (Å²) in [4.78, 5) is 29.1. The third kappa shape index (κ3) is 3.39. The molecule has 1 aromatic heterocycles. The molecule has 0 saturated carbocycles. The molecule has 0 aliphatic carbocycles. The SMILES string of the molecule is Cc1sc(NC(=O)c2ccccc2F)nc1-c1ccc2c(c1)NC(=O)CO2. The first kappa shape index (κ1) is 17.2. The van der Waals surface area contributed by atoms with Crippen LogP contribution in [0.5, 0.6) is 5.75 Å². The Morgan fingerprint density at radius 2 is 2.11 bits per heavy atom. The lowest BCUT2D eigenvalue weighted by atomic mass is 10.1. The van der Waals surface area contributed by atoms with Crippen LogP contribution < -0.4 is 15.4 Å². The number of amides is 2. The molecule has 0 radical (unpaired) electrons. The first-order valence-electron chi connectivity index (χ1n) is 8.11. The molecular formula is C19H14FN3O3S. The van der Waals surface area contributed by atoms with Crippen LogP contribution in [0.2, 0.25) is 0 Å².